The van der Waals surface area contributed by atoms with E-state index in [0.29, 0.717) is 0 Å². The summed E-state index contributed by atoms with van der Waals surface area (Å²) in [6, 6.07) is 0. The van der Waals surface area contributed by atoms with Crippen molar-refractivity contribution in [1.29, 1.82) is 0 Å². The second-order valence-corrected chi connectivity index (χ2v) is 4.61. The molecule has 1 rings (SSSR count). The highest BCUT2D eigenvalue weighted by Gasteiger charge is 2.40. The van der Waals surface area contributed by atoms with Crippen LogP contribution < -0.4 is 0 Å². The van der Waals surface area contributed by atoms with Gasteiger partial charge in [-0.2, -0.15) is 0 Å². The van der Waals surface area contributed by atoms with Crippen molar-refractivity contribution >= 4 is 17.9 Å². The fraction of sp³-hybridized carbons (Fsp3) is 0.400. The summed E-state index contributed by atoms with van der Waals surface area (Å²) in [5, 5.41) is 0. The molecule has 1 aliphatic rings. The molecule has 0 amide bonds. The molecule has 1 fully saturated rings. The number of carbonyl (C=O) groups excluding carboxylic acids is 3. The highest BCUT2D eigenvalue weighted by molar-refractivity contribution is 5.80. The Morgan fingerprint density at radius 1 is 0.667 bits per heavy atom. The normalized spacial score (nSPS) is 24.3. The fourth-order valence-corrected chi connectivity index (χ4v) is 2.43. The minimum absolute atomic E-state index is 0.247. The Morgan fingerprint density at radius 3 is 1.10 bits per heavy atom. The third-order valence-corrected chi connectivity index (χ3v) is 3.31. The standard InChI is InChI=1S/C15H18O6/c1-4-19-13(16)10-7-11(14(17)20-5-2)9-12(8-10)15(18)21-6-3/h4-6,10-12H,1-3,7-9H2. The van der Waals surface area contributed by atoms with E-state index in [1.165, 1.54) is 0 Å². The highest BCUT2D eigenvalue weighted by Crippen LogP contribution is 2.35. The first-order valence-electron chi connectivity index (χ1n) is 6.47. The molecule has 114 valence electrons. The molecule has 6 nitrogen and oxygen atoms in total. The topological polar surface area (TPSA) is 78.9 Å². The summed E-state index contributed by atoms with van der Waals surface area (Å²) >= 11 is 0. The number of hydrogen-bond acceptors (Lipinski definition) is 6. The minimum Gasteiger partial charge on any atom is -0.435 e. The maximum Gasteiger partial charge on any atom is 0.313 e. The van der Waals surface area contributed by atoms with Crippen LogP contribution in [-0.2, 0) is 28.6 Å². The van der Waals surface area contributed by atoms with Crippen molar-refractivity contribution in [1.82, 2.24) is 0 Å². The molecule has 0 saturated heterocycles. The second kappa shape index (κ2) is 8.04. The Kier molecular flexibility index (Phi) is 6.39. The first-order valence-corrected chi connectivity index (χ1v) is 6.47. The van der Waals surface area contributed by atoms with Gasteiger partial charge in [0.2, 0.25) is 0 Å². The van der Waals surface area contributed by atoms with Gasteiger partial charge in [-0.15, -0.1) is 0 Å². The highest BCUT2D eigenvalue weighted by atomic mass is 16.5. The zero-order valence-corrected chi connectivity index (χ0v) is 11.7. The first-order chi connectivity index (χ1) is 10.0. The molecule has 0 atom stereocenters. The van der Waals surface area contributed by atoms with Gasteiger partial charge in [0.1, 0.15) is 0 Å². The minimum atomic E-state index is -0.596. The van der Waals surface area contributed by atoms with Crippen molar-refractivity contribution in [2.45, 2.75) is 19.3 Å². The molecule has 1 saturated carbocycles. The third-order valence-electron chi connectivity index (χ3n) is 3.31. The summed E-state index contributed by atoms with van der Waals surface area (Å²) in [5.41, 5.74) is 0. The van der Waals surface area contributed by atoms with E-state index in [1.54, 1.807) is 0 Å². The zero-order chi connectivity index (χ0) is 15.8. The van der Waals surface area contributed by atoms with Crippen molar-refractivity contribution in [3.8, 4) is 0 Å². The number of esters is 3. The smallest absolute Gasteiger partial charge is 0.313 e. The first kappa shape index (κ1) is 16.7. The summed E-state index contributed by atoms with van der Waals surface area (Å²) in [5.74, 6) is -3.38. The van der Waals surface area contributed by atoms with E-state index in [-0.39, 0.29) is 19.3 Å². The van der Waals surface area contributed by atoms with Gasteiger partial charge >= 0.3 is 17.9 Å². The molecule has 0 aromatic heterocycles. The van der Waals surface area contributed by atoms with Crippen LogP contribution in [0.2, 0.25) is 0 Å². The van der Waals surface area contributed by atoms with Crippen LogP contribution in [0.15, 0.2) is 38.5 Å². The van der Waals surface area contributed by atoms with Crippen molar-refractivity contribution in [2.75, 3.05) is 0 Å². The van der Waals surface area contributed by atoms with E-state index in [2.05, 4.69) is 19.7 Å². The lowest BCUT2D eigenvalue weighted by Crippen LogP contribution is -2.36. The summed E-state index contributed by atoms with van der Waals surface area (Å²) in [6.45, 7) is 9.93. The van der Waals surface area contributed by atoms with E-state index in [4.69, 9.17) is 14.2 Å². The number of carbonyl (C=O) groups is 3. The molecule has 6 heteroatoms. The molecular weight excluding hydrogens is 276 g/mol. The lowest BCUT2D eigenvalue weighted by molar-refractivity contribution is -0.154. The average Bonchev–Trinajstić information content (AvgIpc) is 2.47. The molecule has 0 aromatic rings. The van der Waals surface area contributed by atoms with Gasteiger partial charge in [0.15, 0.2) is 0 Å². The van der Waals surface area contributed by atoms with Crippen LogP contribution in [0, 0.1) is 17.8 Å². The van der Waals surface area contributed by atoms with Crippen molar-refractivity contribution in [3.63, 3.8) is 0 Å². The lowest BCUT2D eigenvalue weighted by Gasteiger charge is -2.30. The Bertz CT molecular complexity index is 381. The van der Waals surface area contributed by atoms with E-state index in [9.17, 15) is 14.4 Å². The molecule has 0 N–H and O–H groups in total. The van der Waals surface area contributed by atoms with Gasteiger partial charge in [-0.1, -0.05) is 19.7 Å². The summed E-state index contributed by atoms with van der Waals surface area (Å²) in [6.07, 6.45) is 3.80. The van der Waals surface area contributed by atoms with Gasteiger partial charge in [-0.05, 0) is 19.3 Å². The van der Waals surface area contributed by atoms with E-state index in [1.807, 2.05) is 0 Å². The lowest BCUT2D eigenvalue weighted by atomic mass is 9.75. The average molecular weight is 294 g/mol. The maximum atomic E-state index is 11.8. The molecule has 0 aromatic carbocycles. The molecule has 1 aliphatic carbocycles. The predicted molar refractivity (Wildman–Crippen MR) is 73.2 cm³/mol. The molecule has 0 spiro atoms. The van der Waals surface area contributed by atoms with Gasteiger partial charge in [-0.3, -0.25) is 14.4 Å². The van der Waals surface area contributed by atoms with Crippen LogP contribution in [0.5, 0.6) is 0 Å². The monoisotopic (exact) mass is 294 g/mol. The predicted octanol–water partition coefficient (Wildman–Crippen LogP) is 2.08. The van der Waals surface area contributed by atoms with Crippen molar-refractivity contribution in [3.05, 3.63) is 38.5 Å². The Morgan fingerprint density at radius 2 is 0.905 bits per heavy atom. The van der Waals surface area contributed by atoms with Crippen LogP contribution in [0.25, 0.3) is 0 Å². The SMILES string of the molecule is C=COC(=O)C1CC(C(=O)OC=C)CC(C(=O)OC=C)C1. The van der Waals surface area contributed by atoms with Crippen LogP contribution in [0.1, 0.15) is 19.3 Å². The molecule has 0 aliphatic heterocycles. The van der Waals surface area contributed by atoms with Gasteiger partial charge in [0.25, 0.3) is 0 Å². The van der Waals surface area contributed by atoms with Crippen molar-refractivity contribution < 1.29 is 28.6 Å². The van der Waals surface area contributed by atoms with Crippen LogP contribution in [0.4, 0.5) is 0 Å². The third kappa shape index (κ3) is 4.59. The molecule has 0 bridgehead atoms. The number of ether oxygens (including phenoxy) is 3. The number of rotatable bonds is 6. The molecule has 0 heterocycles. The molecular formula is C15H18O6. The quantitative estimate of drug-likeness (QED) is 0.424. The van der Waals surface area contributed by atoms with E-state index >= 15 is 0 Å². The van der Waals surface area contributed by atoms with Gasteiger partial charge in [-0.25, -0.2) is 0 Å². The van der Waals surface area contributed by atoms with Crippen LogP contribution in [0.3, 0.4) is 0 Å². The summed E-state index contributed by atoms with van der Waals surface area (Å²) < 4.78 is 14.2. The summed E-state index contributed by atoms with van der Waals surface area (Å²) in [7, 11) is 0. The van der Waals surface area contributed by atoms with E-state index in [0.717, 1.165) is 18.8 Å². The fourth-order valence-electron chi connectivity index (χ4n) is 2.43. The van der Waals surface area contributed by atoms with Gasteiger partial charge in [0.05, 0.1) is 36.5 Å². The Labute approximate surface area is 123 Å². The Hall–Kier alpha value is -2.37. The zero-order valence-electron chi connectivity index (χ0n) is 11.7. The number of hydrogen-bond donors (Lipinski definition) is 0. The van der Waals surface area contributed by atoms with Crippen LogP contribution in [-0.4, -0.2) is 17.9 Å². The largest absolute Gasteiger partial charge is 0.435 e. The van der Waals surface area contributed by atoms with Crippen molar-refractivity contribution in [2.24, 2.45) is 17.8 Å². The maximum absolute atomic E-state index is 11.8. The molecule has 0 radical (unpaired) electrons. The van der Waals surface area contributed by atoms with E-state index < -0.39 is 35.7 Å². The van der Waals surface area contributed by atoms with Gasteiger partial charge < -0.3 is 14.2 Å². The molecule has 0 unspecified atom stereocenters. The van der Waals surface area contributed by atoms with Crippen LogP contribution >= 0.6 is 0 Å². The van der Waals surface area contributed by atoms with Gasteiger partial charge in [0, 0.05) is 0 Å². The second-order valence-electron chi connectivity index (χ2n) is 4.61. The Balaban J connectivity index is 2.86. The molecule has 21 heavy (non-hydrogen) atoms. The summed E-state index contributed by atoms with van der Waals surface area (Å²) in [4.78, 5) is 35.4.